The van der Waals surface area contributed by atoms with E-state index in [0.717, 1.165) is 61.1 Å². The van der Waals surface area contributed by atoms with Gasteiger partial charge in [-0.2, -0.15) is 0 Å². The maximum absolute atomic E-state index is 12.1. The molecule has 8 nitrogen and oxygen atoms in total. The Balaban J connectivity index is 1.26. The summed E-state index contributed by atoms with van der Waals surface area (Å²) >= 11 is 2.65. The number of benzene rings is 1. The molecule has 0 bridgehead atoms. The molecule has 1 fully saturated rings. The van der Waals surface area contributed by atoms with Crippen LogP contribution in [0.5, 0.6) is 0 Å². The van der Waals surface area contributed by atoms with Gasteiger partial charge in [0.05, 0.1) is 20.0 Å². The molecular formula is C20H23N5O3S2. The lowest BCUT2D eigenvalue weighted by Gasteiger charge is -2.34. The third-order valence-electron chi connectivity index (χ3n) is 5.22. The summed E-state index contributed by atoms with van der Waals surface area (Å²) in [5.41, 5.74) is 2.42. The number of nitrogens with one attached hydrogen (secondary N) is 1. The molecule has 3 heterocycles. The van der Waals surface area contributed by atoms with E-state index < -0.39 is 4.92 Å². The average Bonchev–Trinajstić information content (AvgIpc) is 3.41. The quantitative estimate of drug-likeness (QED) is 0.443. The molecule has 10 heteroatoms. The van der Waals surface area contributed by atoms with Gasteiger partial charge in [0.2, 0.25) is 0 Å². The maximum Gasteiger partial charge on any atom is 0.324 e. The summed E-state index contributed by atoms with van der Waals surface area (Å²) in [5.74, 6) is -0.257. The molecule has 1 aliphatic rings. The highest BCUT2D eigenvalue weighted by Gasteiger charge is 2.21. The van der Waals surface area contributed by atoms with Crippen LogP contribution in [0.15, 0.2) is 30.3 Å². The van der Waals surface area contributed by atoms with Crippen LogP contribution in [0.2, 0.25) is 0 Å². The van der Waals surface area contributed by atoms with E-state index in [2.05, 4.69) is 40.2 Å². The molecule has 1 aliphatic heterocycles. The van der Waals surface area contributed by atoms with Gasteiger partial charge in [-0.3, -0.25) is 19.8 Å². The molecule has 1 N–H and O–H groups in total. The van der Waals surface area contributed by atoms with E-state index in [4.69, 9.17) is 4.98 Å². The monoisotopic (exact) mass is 445 g/mol. The highest BCUT2D eigenvalue weighted by molar-refractivity contribution is 7.22. The van der Waals surface area contributed by atoms with Crippen molar-refractivity contribution in [2.75, 3.05) is 44.2 Å². The first-order chi connectivity index (χ1) is 14.5. The zero-order chi connectivity index (χ0) is 21.1. The van der Waals surface area contributed by atoms with Crippen molar-refractivity contribution in [1.82, 2.24) is 15.2 Å². The van der Waals surface area contributed by atoms with E-state index in [-0.39, 0.29) is 10.9 Å². The van der Waals surface area contributed by atoms with Gasteiger partial charge in [-0.15, -0.1) is 0 Å². The van der Waals surface area contributed by atoms with Gasteiger partial charge in [0.15, 0.2) is 5.13 Å². The van der Waals surface area contributed by atoms with Gasteiger partial charge in [-0.1, -0.05) is 41.7 Å². The fourth-order valence-electron chi connectivity index (χ4n) is 3.54. The summed E-state index contributed by atoms with van der Waals surface area (Å²) < 4.78 is 1.24. The molecule has 4 rings (SSSR count). The topological polar surface area (TPSA) is 91.6 Å². The molecule has 1 amide bonds. The number of para-hydroxylation sites is 1. The number of rotatable bonds is 7. The molecule has 0 unspecified atom stereocenters. The van der Waals surface area contributed by atoms with Crippen LogP contribution in [0.1, 0.15) is 22.2 Å². The fourth-order valence-corrected chi connectivity index (χ4v) is 5.34. The molecule has 0 saturated carbocycles. The minimum Gasteiger partial charge on any atom is -0.350 e. The molecule has 158 valence electrons. The van der Waals surface area contributed by atoms with E-state index >= 15 is 0 Å². The number of nitrogens with zero attached hydrogens (tertiary/aromatic N) is 4. The number of piperazine rings is 1. The van der Waals surface area contributed by atoms with E-state index in [1.165, 1.54) is 22.4 Å². The predicted molar refractivity (Wildman–Crippen MR) is 121 cm³/mol. The van der Waals surface area contributed by atoms with Crippen LogP contribution in [0.4, 0.5) is 10.1 Å². The van der Waals surface area contributed by atoms with E-state index in [9.17, 15) is 14.9 Å². The second kappa shape index (κ2) is 9.07. The standard InChI is InChI=1S/C20H23N5O3S2/c1-2-14-4-3-5-15-18(14)22-20(30-15)24-12-10-23(11-13-24)9-8-21-19(26)16-6-7-17(29-16)25(27)28/h3-7H,2,8-13H2,1H3,(H,21,26). The Kier molecular flexibility index (Phi) is 6.26. The first kappa shape index (κ1) is 20.7. The molecule has 1 saturated heterocycles. The van der Waals surface area contributed by atoms with Crippen LogP contribution in [0.25, 0.3) is 10.2 Å². The number of hydrogen-bond acceptors (Lipinski definition) is 8. The fraction of sp³-hybridized carbons (Fsp3) is 0.400. The Morgan fingerprint density at radius 1 is 1.20 bits per heavy atom. The van der Waals surface area contributed by atoms with Gasteiger partial charge in [0.25, 0.3) is 5.91 Å². The third-order valence-corrected chi connectivity index (χ3v) is 7.34. The van der Waals surface area contributed by atoms with Crippen LogP contribution in [0.3, 0.4) is 0 Å². The first-order valence-electron chi connectivity index (χ1n) is 9.93. The summed E-state index contributed by atoms with van der Waals surface area (Å²) in [5, 5.41) is 14.7. The molecular weight excluding hydrogens is 422 g/mol. The minimum atomic E-state index is -0.477. The highest BCUT2D eigenvalue weighted by atomic mass is 32.1. The third kappa shape index (κ3) is 4.45. The molecule has 30 heavy (non-hydrogen) atoms. The van der Waals surface area contributed by atoms with Crippen molar-refractivity contribution in [1.29, 1.82) is 0 Å². The van der Waals surface area contributed by atoms with Gasteiger partial charge in [0.1, 0.15) is 0 Å². The van der Waals surface area contributed by atoms with Crippen molar-refractivity contribution in [3.05, 3.63) is 50.9 Å². The lowest BCUT2D eigenvalue weighted by Crippen LogP contribution is -2.48. The van der Waals surface area contributed by atoms with Crippen LogP contribution >= 0.6 is 22.7 Å². The largest absolute Gasteiger partial charge is 0.350 e. The Morgan fingerprint density at radius 3 is 2.70 bits per heavy atom. The predicted octanol–water partition coefficient (Wildman–Crippen LogP) is 3.38. The van der Waals surface area contributed by atoms with Gasteiger partial charge in [0, 0.05) is 45.3 Å². The van der Waals surface area contributed by atoms with Gasteiger partial charge in [-0.25, -0.2) is 4.98 Å². The normalized spacial score (nSPS) is 14.9. The SMILES string of the molecule is CCc1cccc2sc(N3CCN(CCNC(=O)c4ccc([N+](=O)[O-])s4)CC3)nc12. The molecule has 0 aliphatic carbocycles. The minimum absolute atomic E-state index is 0.0165. The molecule has 3 aromatic rings. The van der Waals surface area contributed by atoms with Crippen molar-refractivity contribution in [3.63, 3.8) is 0 Å². The zero-order valence-electron chi connectivity index (χ0n) is 16.7. The second-order valence-corrected chi connectivity index (χ2v) is 9.16. The maximum atomic E-state index is 12.1. The first-order valence-corrected chi connectivity index (χ1v) is 11.6. The number of thiazole rings is 1. The van der Waals surface area contributed by atoms with Crippen molar-refractivity contribution >= 4 is 48.9 Å². The molecule has 2 aromatic heterocycles. The molecule has 0 atom stereocenters. The average molecular weight is 446 g/mol. The number of fused-ring (bicyclic) bond motifs is 1. The number of aromatic nitrogens is 1. The highest BCUT2D eigenvalue weighted by Crippen LogP contribution is 2.31. The van der Waals surface area contributed by atoms with Crippen molar-refractivity contribution < 1.29 is 9.72 Å². The number of anilines is 1. The number of thiophene rings is 1. The number of amides is 1. The Bertz CT molecular complexity index is 1060. The van der Waals surface area contributed by atoms with Crippen LogP contribution in [0, 0.1) is 10.1 Å². The van der Waals surface area contributed by atoms with Crippen LogP contribution in [-0.4, -0.2) is 60.0 Å². The van der Waals surface area contributed by atoms with Crippen molar-refractivity contribution in [3.8, 4) is 0 Å². The summed E-state index contributed by atoms with van der Waals surface area (Å²) in [4.78, 5) is 32.3. The smallest absolute Gasteiger partial charge is 0.324 e. The lowest BCUT2D eigenvalue weighted by atomic mass is 10.1. The Labute approximate surface area is 182 Å². The van der Waals surface area contributed by atoms with E-state index in [1.54, 1.807) is 11.3 Å². The summed E-state index contributed by atoms with van der Waals surface area (Å²) in [7, 11) is 0. The van der Waals surface area contributed by atoms with Gasteiger partial charge >= 0.3 is 5.00 Å². The number of carbonyl (C=O) groups excluding carboxylic acids is 1. The molecule has 0 radical (unpaired) electrons. The van der Waals surface area contributed by atoms with Gasteiger partial charge in [-0.05, 0) is 24.1 Å². The molecule has 1 aromatic carbocycles. The number of hydrogen-bond donors (Lipinski definition) is 1. The number of aryl methyl sites for hydroxylation is 1. The summed E-state index contributed by atoms with van der Waals surface area (Å²) in [6.45, 7) is 7.08. The summed E-state index contributed by atoms with van der Waals surface area (Å²) in [6, 6.07) is 9.25. The number of carbonyl (C=O) groups is 1. The van der Waals surface area contributed by atoms with Crippen LogP contribution < -0.4 is 10.2 Å². The van der Waals surface area contributed by atoms with Crippen LogP contribution in [-0.2, 0) is 6.42 Å². The van der Waals surface area contributed by atoms with E-state index in [1.807, 2.05) is 0 Å². The van der Waals surface area contributed by atoms with E-state index in [0.29, 0.717) is 11.4 Å². The lowest BCUT2D eigenvalue weighted by molar-refractivity contribution is -0.380. The second-order valence-electron chi connectivity index (χ2n) is 7.09. The summed E-state index contributed by atoms with van der Waals surface area (Å²) in [6.07, 6.45) is 0.985. The number of nitro groups is 1. The molecule has 0 spiro atoms. The van der Waals surface area contributed by atoms with Crippen molar-refractivity contribution in [2.45, 2.75) is 13.3 Å². The van der Waals surface area contributed by atoms with Gasteiger partial charge < -0.3 is 10.2 Å². The zero-order valence-corrected chi connectivity index (χ0v) is 18.3. The Morgan fingerprint density at radius 2 is 2.00 bits per heavy atom. The Hall–Kier alpha value is -2.56. The van der Waals surface area contributed by atoms with Crippen molar-refractivity contribution in [2.24, 2.45) is 0 Å².